The lowest BCUT2D eigenvalue weighted by molar-refractivity contribution is -0.134. The smallest absolute Gasteiger partial charge is 0.251 e. The zero-order valence-corrected chi connectivity index (χ0v) is 17.8. The zero-order chi connectivity index (χ0) is 22.1. The van der Waals surface area contributed by atoms with Crippen molar-refractivity contribution in [3.63, 3.8) is 0 Å². The highest BCUT2D eigenvalue weighted by Crippen LogP contribution is 2.16. The first kappa shape index (κ1) is 22.9. The molecule has 0 saturated heterocycles. The number of benzene rings is 2. The van der Waals surface area contributed by atoms with Gasteiger partial charge in [-0.15, -0.1) is 0 Å². The Kier molecular flexibility index (Phi) is 8.37. The molecule has 0 spiro atoms. The van der Waals surface area contributed by atoms with Gasteiger partial charge in [-0.2, -0.15) is 0 Å². The summed E-state index contributed by atoms with van der Waals surface area (Å²) in [6, 6.07) is 14.2. The summed E-state index contributed by atoms with van der Waals surface area (Å²) in [6.45, 7) is 0.661. The van der Waals surface area contributed by atoms with E-state index < -0.39 is 0 Å². The lowest BCUT2D eigenvalue weighted by Crippen LogP contribution is -2.40. The molecule has 0 aliphatic rings. The van der Waals surface area contributed by atoms with E-state index in [0.717, 1.165) is 5.56 Å². The minimum absolute atomic E-state index is 0.0509. The molecule has 0 fully saturated rings. The highest BCUT2D eigenvalue weighted by atomic mass is 16.5. The number of nitrogens with one attached hydrogen (secondary N) is 2. The predicted octanol–water partition coefficient (Wildman–Crippen LogP) is 1.58. The molecule has 8 heteroatoms. The van der Waals surface area contributed by atoms with Crippen LogP contribution in [0.25, 0.3) is 0 Å². The summed E-state index contributed by atoms with van der Waals surface area (Å²) in [6.07, 6.45) is 0. The van der Waals surface area contributed by atoms with Gasteiger partial charge in [0.15, 0.2) is 0 Å². The third-order valence-corrected chi connectivity index (χ3v) is 4.46. The molecule has 3 amide bonds. The van der Waals surface area contributed by atoms with E-state index in [1.807, 2.05) is 24.1 Å². The second-order valence-corrected chi connectivity index (χ2v) is 6.98. The van der Waals surface area contributed by atoms with Crippen LogP contribution in [0.2, 0.25) is 0 Å². The summed E-state index contributed by atoms with van der Waals surface area (Å²) < 4.78 is 5.13. The number of carbonyl (C=O) groups excluding carboxylic acids is 3. The molecule has 0 unspecified atom stereocenters. The van der Waals surface area contributed by atoms with Crippen molar-refractivity contribution >= 4 is 23.4 Å². The van der Waals surface area contributed by atoms with E-state index in [2.05, 4.69) is 10.6 Å². The van der Waals surface area contributed by atoms with Crippen LogP contribution in [0.1, 0.15) is 15.9 Å². The Morgan fingerprint density at radius 1 is 1.00 bits per heavy atom. The normalized spacial score (nSPS) is 10.4. The van der Waals surface area contributed by atoms with Gasteiger partial charge in [0.2, 0.25) is 11.8 Å². The van der Waals surface area contributed by atoms with Crippen molar-refractivity contribution < 1.29 is 19.1 Å². The maximum absolute atomic E-state index is 12.4. The molecule has 0 aliphatic heterocycles. The van der Waals surface area contributed by atoms with Crippen LogP contribution in [0.15, 0.2) is 48.5 Å². The molecule has 0 atom stereocenters. The van der Waals surface area contributed by atoms with Crippen LogP contribution in [0.3, 0.4) is 0 Å². The summed E-state index contributed by atoms with van der Waals surface area (Å²) >= 11 is 0. The van der Waals surface area contributed by atoms with E-state index in [0.29, 0.717) is 23.5 Å². The number of hydrogen-bond acceptors (Lipinski definition) is 5. The molecular weight excluding hydrogens is 384 g/mol. The SMILES string of the molecule is CNC(=O)c1ccc(CN(C)CC(=O)N(C)CC(=O)Nc2cccc(OC)c2)cc1. The van der Waals surface area contributed by atoms with Crippen LogP contribution >= 0.6 is 0 Å². The van der Waals surface area contributed by atoms with Gasteiger partial charge in [0.25, 0.3) is 5.91 Å². The Hall–Kier alpha value is -3.39. The summed E-state index contributed by atoms with van der Waals surface area (Å²) in [5.41, 5.74) is 2.18. The Morgan fingerprint density at radius 3 is 2.33 bits per heavy atom. The number of likely N-dealkylation sites (N-methyl/N-ethyl adjacent to an activating group) is 2. The van der Waals surface area contributed by atoms with Crippen molar-refractivity contribution in [1.29, 1.82) is 0 Å². The molecule has 8 nitrogen and oxygen atoms in total. The molecule has 0 saturated carbocycles. The quantitative estimate of drug-likeness (QED) is 0.653. The first-order valence-corrected chi connectivity index (χ1v) is 9.49. The molecule has 2 aromatic carbocycles. The fraction of sp³-hybridized carbons (Fsp3) is 0.318. The molecule has 2 rings (SSSR count). The number of rotatable bonds is 9. The second kappa shape index (κ2) is 11.0. The third-order valence-electron chi connectivity index (χ3n) is 4.46. The standard InChI is InChI=1S/C22H28N4O4/c1-23-22(29)17-10-8-16(9-11-17)13-25(2)15-21(28)26(3)14-20(27)24-18-6-5-7-19(12-18)30-4/h5-12H,13-15H2,1-4H3,(H,23,29)(H,24,27). The van der Waals surface area contributed by atoms with Crippen molar-refractivity contribution in [2.24, 2.45) is 0 Å². The third kappa shape index (κ3) is 6.89. The maximum Gasteiger partial charge on any atom is 0.251 e. The van der Waals surface area contributed by atoms with Gasteiger partial charge in [0, 0.05) is 38.0 Å². The van der Waals surface area contributed by atoms with Gasteiger partial charge in [0.05, 0.1) is 20.2 Å². The Labute approximate surface area is 176 Å². The molecular formula is C22H28N4O4. The van der Waals surface area contributed by atoms with Crippen LogP contribution in [0.5, 0.6) is 5.75 Å². The molecule has 0 radical (unpaired) electrons. The topological polar surface area (TPSA) is 91.0 Å². The Balaban J connectivity index is 1.82. The molecule has 2 aromatic rings. The molecule has 30 heavy (non-hydrogen) atoms. The van der Waals surface area contributed by atoms with Gasteiger partial charge in [-0.3, -0.25) is 19.3 Å². The van der Waals surface area contributed by atoms with Crippen LogP contribution < -0.4 is 15.4 Å². The van der Waals surface area contributed by atoms with Gasteiger partial charge in [-0.25, -0.2) is 0 Å². The lowest BCUT2D eigenvalue weighted by atomic mass is 10.1. The summed E-state index contributed by atoms with van der Waals surface area (Å²) in [4.78, 5) is 39.5. The van der Waals surface area contributed by atoms with Crippen LogP contribution in [0.4, 0.5) is 5.69 Å². The van der Waals surface area contributed by atoms with Crippen molar-refractivity contribution in [3.05, 3.63) is 59.7 Å². The summed E-state index contributed by atoms with van der Waals surface area (Å²) in [7, 11) is 6.57. The van der Waals surface area contributed by atoms with Gasteiger partial charge < -0.3 is 20.3 Å². The first-order valence-electron chi connectivity index (χ1n) is 9.49. The lowest BCUT2D eigenvalue weighted by Gasteiger charge is -2.21. The number of carbonyl (C=O) groups is 3. The highest BCUT2D eigenvalue weighted by molar-refractivity contribution is 5.95. The van der Waals surface area contributed by atoms with E-state index >= 15 is 0 Å². The molecule has 2 N–H and O–H groups in total. The zero-order valence-electron chi connectivity index (χ0n) is 17.8. The summed E-state index contributed by atoms with van der Waals surface area (Å²) in [5.74, 6) is 0.0490. The average molecular weight is 412 g/mol. The van der Waals surface area contributed by atoms with Crippen molar-refractivity contribution in [1.82, 2.24) is 15.1 Å². The maximum atomic E-state index is 12.4. The largest absolute Gasteiger partial charge is 0.497 e. The molecule has 0 aromatic heterocycles. The van der Waals surface area contributed by atoms with E-state index in [1.165, 1.54) is 4.90 Å². The van der Waals surface area contributed by atoms with Gasteiger partial charge in [-0.1, -0.05) is 18.2 Å². The number of methoxy groups -OCH3 is 1. The van der Waals surface area contributed by atoms with E-state index in [9.17, 15) is 14.4 Å². The van der Waals surface area contributed by atoms with Gasteiger partial charge in [-0.05, 0) is 36.9 Å². The van der Waals surface area contributed by atoms with E-state index in [-0.39, 0.29) is 30.8 Å². The number of hydrogen-bond donors (Lipinski definition) is 2. The average Bonchev–Trinajstić information content (AvgIpc) is 2.73. The van der Waals surface area contributed by atoms with E-state index in [1.54, 1.807) is 57.6 Å². The van der Waals surface area contributed by atoms with Crippen molar-refractivity contribution in [3.8, 4) is 5.75 Å². The minimum atomic E-state index is -0.286. The number of ether oxygens (including phenoxy) is 1. The number of nitrogens with zero attached hydrogens (tertiary/aromatic N) is 2. The van der Waals surface area contributed by atoms with Crippen LogP contribution in [-0.2, 0) is 16.1 Å². The fourth-order valence-corrected chi connectivity index (χ4v) is 2.83. The number of anilines is 1. The monoisotopic (exact) mass is 412 g/mol. The summed E-state index contributed by atoms with van der Waals surface area (Å²) in [5, 5.41) is 5.33. The van der Waals surface area contributed by atoms with Crippen molar-refractivity contribution in [2.45, 2.75) is 6.54 Å². The minimum Gasteiger partial charge on any atom is -0.497 e. The van der Waals surface area contributed by atoms with Crippen LogP contribution in [0, 0.1) is 0 Å². The fourth-order valence-electron chi connectivity index (χ4n) is 2.83. The Bertz CT molecular complexity index is 883. The van der Waals surface area contributed by atoms with Crippen LogP contribution in [-0.4, -0.2) is 68.9 Å². The first-order chi connectivity index (χ1) is 14.3. The molecule has 0 bridgehead atoms. The van der Waals surface area contributed by atoms with Gasteiger partial charge >= 0.3 is 0 Å². The second-order valence-electron chi connectivity index (χ2n) is 6.98. The van der Waals surface area contributed by atoms with E-state index in [4.69, 9.17) is 4.74 Å². The highest BCUT2D eigenvalue weighted by Gasteiger charge is 2.15. The molecule has 0 heterocycles. The molecule has 160 valence electrons. The van der Waals surface area contributed by atoms with Gasteiger partial charge in [0.1, 0.15) is 5.75 Å². The van der Waals surface area contributed by atoms with Crippen molar-refractivity contribution in [2.75, 3.05) is 46.7 Å². The predicted molar refractivity (Wildman–Crippen MR) is 115 cm³/mol. The molecule has 0 aliphatic carbocycles. The Morgan fingerprint density at radius 2 is 1.70 bits per heavy atom. The number of amides is 3.